The van der Waals surface area contributed by atoms with E-state index in [1.807, 2.05) is 13.0 Å². The molecule has 0 aliphatic carbocycles. The molecular formula is C22H18Cl3NO3. The third kappa shape index (κ3) is 6.04. The van der Waals surface area contributed by atoms with Gasteiger partial charge in [0.2, 0.25) is 0 Å². The third-order valence-electron chi connectivity index (χ3n) is 3.93. The van der Waals surface area contributed by atoms with Crippen molar-refractivity contribution in [3.63, 3.8) is 0 Å². The van der Waals surface area contributed by atoms with E-state index in [0.717, 1.165) is 5.56 Å². The van der Waals surface area contributed by atoms with E-state index in [1.165, 1.54) is 0 Å². The molecule has 0 aliphatic heterocycles. The summed E-state index contributed by atoms with van der Waals surface area (Å²) in [6, 6.07) is 17.1. The molecule has 1 N–H and O–H groups in total. The average Bonchev–Trinajstić information content (AvgIpc) is 2.66. The first-order valence-electron chi connectivity index (χ1n) is 8.86. The Hall–Kier alpha value is -2.40. The normalized spacial score (nSPS) is 10.5. The number of hydrogen-bond acceptors (Lipinski definition) is 3. The average molecular weight is 451 g/mol. The first-order valence-corrected chi connectivity index (χ1v) is 9.99. The fourth-order valence-corrected chi connectivity index (χ4v) is 3.38. The number of hydrogen-bond donors (Lipinski definition) is 1. The lowest BCUT2D eigenvalue weighted by atomic mass is 10.1. The molecule has 0 saturated carbocycles. The van der Waals surface area contributed by atoms with Crippen LogP contribution in [0.2, 0.25) is 15.1 Å². The molecule has 0 spiro atoms. The van der Waals surface area contributed by atoms with Crippen molar-refractivity contribution in [1.29, 1.82) is 0 Å². The fourth-order valence-electron chi connectivity index (χ4n) is 2.68. The van der Waals surface area contributed by atoms with Crippen molar-refractivity contribution in [2.75, 3.05) is 11.9 Å². The van der Waals surface area contributed by atoms with E-state index in [0.29, 0.717) is 44.4 Å². The fraction of sp³-hybridized carbons (Fsp3) is 0.136. The van der Waals surface area contributed by atoms with Crippen LogP contribution in [-0.4, -0.2) is 12.5 Å². The van der Waals surface area contributed by atoms with Crippen LogP contribution in [0.4, 0.5) is 5.69 Å². The molecule has 0 fully saturated rings. The zero-order valence-electron chi connectivity index (χ0n) is 15.5. The summed E-state index contributed by atoms with van der Waals surface area (Å²) in [5.74, 6) is 0.982. The molecule has 29 heavy (non-hydrogen) atoms. The van der Waals surface area contributed by atoms with Crippen molar-refractivity contribution in [1.82, 2.24) is 0 Å². The van der Waals surface area contributed by atoms with Gasteiger partial charge in [-0.15, -0.1) is 0 Å². The minimum Gasteiger partial charge on any atom is -0.493 e. The van der Waals surface area contributed by atoms with Gasteiger partial charge in [0.25, 0.3) is 5.91 Å². The molecule has 1 amide bonds. The largest absolute Gasteiger partial charge is 0.493 e. The second-order valence-electron chi connectivity index (χ2n) is 6.11. The minimum atomic E-state index is -0.296. The van der Waals surface area contributed by atoms with Crippen LogP contribution >= 0.6 is 34.8 Å². The third-order valence-corrected chi connectivity index (χ3v) is 4.60. The van der Waals surface area contributed by atoms with Gasteiger partial charge in [0.1, 0.15) is 18.1 Å². The van der Waals surface area contributed by atoms with E-state index in [9.17, 15) is 4.79 Å². The first kappa shape index (κ1) is 21.3. The summed E-state index contributed by atoms with van der Waals surface area (Å²) in [4.78, 5) is 12.7. The van der Waals surface area contributed by atoms with Gasteiger partial charge in [-0.3, -0.25) is 4.79 Å². The summed E-state index contributed by atoms with van der Waals surface area (Å²) in [6.07, 6.45) is 0. The van der Waals surface area contributed by atoms with Crippen LogP contribution < -0.4 is 14.8 Å². The van der Waals surface area contributed by atoms with Crippen LogP contribution in [-0.2, 0) is 6.61 Å². The Balaban J connectivity index is 1.80. The molecule has 4 nitrogen and oxygen atoms in total. The van der Waals surface area contributed by atoms with Crippen LogP contribution in [0.25, 0.3) is 0 Å². The van der Waals surface area contributed by atoms with Gasteiger partial charge >= 0.3 is 0 Å². The van der Waals surface area contributed by atoms with Crippen molar-refractivity contribution >= 4 is 46.4 Å². The molecule has 0 radical (unpaired) electrons. The summed E-state index contributed by atoms with van der Waals surface area (Å²) in [7, 11) is 0. The Kier molecular flexibility index (Phi) is 7.26. The topological polar surface area (TPSA) is 47.6 Å². The number of anilines is 1. The maximum Gasteiger partial charge on any atom is 0.255 e. The van der Waals surface area contributed by atoms with E-state index < -0.39 is 0 Å². The van der Waals surface area contributed by atoms with Gasteiger partial charge in [0.05, 0.1) is 6.61 Å². The van der Waals surface area contributed by atoms with Crippen LogP contribution in [0.5, 0.6) is 11.5 Å². The van der Waals surface area contributed by atoms with Crippen molar-refractivity contribution < 1.29 is 14.3 Å². The van der Waals surface area contributed by atoms with E-state index in [2.05, 4.69) is 5.32 Å². The molecule has 3 aromatic carbocycles. The highest BCUT2D eigenvalue weighted by Crippen LogP contribution is 2.26. The van der Waals surface area contributed by atoms with Crippen molar-refractivity contribution in [3.8, 4) is 11.5 Å². The summed E-state index contributed by atoms with van der Waals surface area (Å²) < 4.78 is 11.5. The van der Waals surface area contributed by atoms with Gasteiger partial charge in [-0.1, -0.05) is 40.9 Å². The molecule has 3 rings (SSSR count). The molecule has 0 saturated heterocycles. The Bertz CT molecular complexity index is 1000. The summed E-state index contributed by atoms with van der Waals surface area (Å²) in [5, 5.41) is 4.26. The summed E-state index contributed by atoms with van der Waals surface area (Å²) >= 11 is 18.0. The van der Waals surface area contributed by atoms with Crippen LogP contribution in [0.15, 0.2) is 60.7 Å². The van der Waals surface area contributed by atoms with Gasteiger partial charge in [-0.05, 0) is 61.5 Å². The zero-order chi connectivity index (χ0) is 20.8. The molecule has 0 aliphatic rings. The quantitative estimate of drug-likeness (QED) is 0.427. The molecule has 0 bridgehead atoms. The molecular weight excluding hydrogens is 433 g/mol. The zero-order valence-corrected chi connectivity index (χ0v) is 17.8. The monoisotopic (exact) mass is 449 g/mol. The highest BCUT2D eigenvalue weighted by molar-refractivity contribution is 6.35. The van der Waals surface area contributed by atoms with E-state index >= 15 is 0 Å². The first-order chi connectivity index (χ1) is 13.9. The number of carbonyl (C=O) groups excluding carboxylic acids is 1. The molecule has 0 aromatic heterocycles. The SMILES string of the molecule is CCOc1ccc(C(=O)Nc2cc(Cl)cc(Cl)c2)cc1COc1cccc(Cl)c1. The molecule has 0 atom stereocenters. The highest BCUT2D eigenvalue weighted by atomic mass is 35.5. The Labute approximate surface area is 184 Å². The van der Waals surface area contributed by atoms with Gasteiger partial charge < -0.3 is 14.8 Å². The minimum absolute atomic E-state index is 0.222. The van der Waals surface area contributed by atoms with E-state index in [-0.39, 0.29) is 12.5 Å². The number of nitrogens with one attached hydrogen (secondary N) is 1. The second-order valence-corrected chi connectivity index (χ2v) is 7.42. The maximum absolute atomic E-state index is 12.7. The lowest BCUT2D eigenvalue weighted by Crippen LogP contribution is -2.13. The van der Waals surface area contributed by atoms with Crippen molar-refractivity contribution in [3.05, 3.63) is 86.9 Å². The highest BCUT2D eigenvalue weighted by Gasteiger charge is 2.12. The number of benzene rings is 3. The summed E-state index contributed by atoms with van der Waals surface area (Å²) in [6.45, 7) is 2.61. The van der Waals surface area contributed by atoms with Crippen molar-refractivity contribution in [2.45, 2.75) is 13.5 Å². The predicted molar refractivity (Wildman–Crippen MR) is 118 cm³/mol. The predicted octanol–water partition coefficient (Wildman–Crippen LogP) is 6.88. The van der Waals surface area contributed by atoms with Gasteiger partial charge in [0.15, 0.2) is 0 Å². The van der Waals surface area contributed by atoms with Gasteiger partial charge in [0, 0.05) is 31.9 Å². The lowest BCUT2D eigenvalue weighted by molar-refractivity contribution is 0.102. The number of amides is 1. The Morgan fingerprint density at radius 1 is 0.897 bits per heavy atom. The molecule has 0 heterocycles. The second kappa shape index (κ2) is 9.88. The van der Waals surface area contributed by atoms with Crippen LogP contribution in [0.1, 0.15) is 22.8 Å². The standard InChI is InChI=1S/C22H18Cl3NO3/c1-2-28-21-7-6-14(22(27)26-19-10-17(24)9-18(25)11-19)8-15(21)13-29-20-5-3-4-16(23)12-20/h3-12H,2,13H2,1H3,(H,26,27). The van der Waals surface area contributed by atoms with Gasteiger partial charge in [-0.2, -0.15) is 0 Å². The molecule has 150 valence electrons. The van der Waals surface area contributed by atoms with Crippen LogP contribution in [0, 0.1) is 0 Å². The molecule has 7 heteroatoms. The number of rotatable bonds is 7. The van der Waals surface area contributed by atoms with E-state index in [4.69, 9.17) is 44.3 Å². The molecule has 0 unspecified atom stereocenters. The van der Waals surface area contributed by atoms with E-state index in [1.54, 1.807) is 54.6 Å². The number of ether oxygens (including phenoxy) is 2. The lowest BCUT2D eigenvalue weighted by Gasteiger charge is -2.14. The Morgan fingerprint density at radius 2 is 1.66 bits per heavy atom. The number of halogens is 3. The summed E-state index contributed by atoms with van der Waals surface area (Å²) in [5.41, 5.74) is 1.70. The smallest absolute Gasteiger partial charge is 0.255 e. The molecule has 3 aromatic rings. The van der Waals surface area contributed by atoms with Crippen LogP contribution in [0.3, 0.4) is 0 Å². The van der Waals surface area contributed by atoms with Crippen molar-refractivity contribution in [2.24, 2.45) is 0 Å². The van der Waals surface area contributed by atoms with Gasteiger partial charge in [-0.25, -0.2) is 0 Å². The Morgan fingerprint density at radius 3 is 2.34 bits per heavy atom. The maximum atomic E-state index is 12.7. The number of carbonyl (C=O) groups is 1.